The molecule has 1 heterocycles. The van der Waals surface area contributed by atoms with Gasteiger partial charge < -0.3 is 14.9 Å². The first-order valence-corrected chi connectivity index (χ1v) is 7.05. The van der Waals surface area contributed by atoms with Gasteiger partial charge in [-0.3, -0.25) is 4.79 Å². The molecule has 0 aliphatic heterocycles. The largest absolute Gasteiger partial charge is 0.478 e. The van der Waals surface area contributed by atoms with Gasteiger partial charge in [-0.05, 0) is 32.0 Å². The van der Waals surface area contributed by atoms with Crippen LogP contribution in [0.15, 0.2) is 22.7 Å². The Bertz CT molecular complexity index is 735. The maximum absolute atomic E-state index is 13.8. The van der Waals surface area contributed by atoms with Crippen LogP contribution in [0.1, 0.15) is 50.6 Å². The Hall–Kier alpha value is -2.70. The molecule has 2 rings (SSSR count). The van der Waals surface area contributed by atoms with Crippen LogP contribution in [-0.2, 0) is 0 Å². The summed E-state index contributed by atoms with van der Waals surface area (Å²) in [6, 6.07) is 3.18. The monoisotopic (exact) mass is 320 g/mol. The summed E-state index contributed by atoms with van der Waals surface area (Å²) < 4.78 is 18.9. The summed E-state index contributed by atoms with van der Waals surface area (Å²) in [5.41, 5.74) is 1.26. The van der Waals surface area contributed by atoms with Crippen LogP contribution in [-0.4, -0.2) is 28.7 Å². The number of hydrogen-bond acceptors (Lipinski definition) is 4. The standard InChI is InChI=1S/C16H17FN2O4/c1-8(14-9(2)19-23-10(14)3)7-18-15(20)12-5-4-11(16(21)22)6-13(12)17/h4-6,8H,7H2,1-3H3,(H,18,20)(H,21,22). The fraction of sp³-hybridized carbons (Fsp3) is 0.312. The Kier molecular flexibility index (Phi) is 4.78. The van der Waals surface area contributed by atoms with Gasteiger partial charge in [-0.1, -0.05) is 12.1 Å². The van der Waals surface area contributed by atoms with Gasteiger partial charge in [0.2, 0.25) is 0 Å². The molecule has 0 aliphatic rings. The van der Waals surface area contributed by atoms with Gasteiger partial charge in [-0.15, -0.1) is 0 Å². The van der Waals surface area contributed by atoms with Gasteiger partial charge in [-0.2, -0.15) is 0 Å². The zero-order chi connectivity index (χ0) is 17.1. The van der Waals surface area contributed by atoms with E-state index in [2.05, 4.69) is 10.5 Å². The summed E-state index contributed by atoms with van der Waals surface area (Å²) in [7, 11) is 0. The van der Waals surface area contributed by atoms with Crippen molar-refractivity contribution in [1.29, 1.82) is 0 Å². The van der Waals surface area contributed by atoms with Gasteiger partial charge in [-0.25, -0.2) is 9.18 Å². The maximum atomic E-state index is 13.8. The molecule has 0 saturated heterocycles. The molecule has 1 aromatic carbocycles. The van der Waals surface area contributed by atoms with Gasteiger partial charge >= 0.3 is 5.97 Å². The van der Waals surface area contributed by atoms with Crippen LogP contribution in [0.25, 0.3) is 0 Å². The molecule has 1 aromatic heterocycles. The summed E-state index contributed by atoms with van der Waals surface area (Å²) in [6.07, 6.45) is 0. The molecule has 0 radical (unpaired) electrons. The highest BCUT2D eigenvalue weighted by Gasteiger charge is 2.19. The van der Waals surface area contributed by atoms with Crippen molar-refractivity contribution < 1.29 is 23.6 Å². The van der Waals surface area contributed by atoms with Crippen molar-refractivity contribution in [3.63, 3.8) is 0 Å². The Morgan fingerprint density at radius 2 is 2.09 bits per heavy atom. The Morgan fingerprint density at radius 3 is 2.61 bits per heavy atom. The lowest BCUT2D eigenvalue weighted by molar-refractivity contribution is 0.0695. The number of aryl methyl sites for hydroxylation is 2. The van der Waals surface area contributed by atoms with Crippen molar-refractivity contribution in [2.24, 2.45) is 0 Å². The molecule has 1 amide bonds. The minimum atomic E-state index is -1.25. The van der Waals surface area contributed by atoms with Crippen LogP contribution in [0.4, 0.5) is 4.39 Å². The van der Waals surface area contributed by atoms with Gasteiger partial charge in [0, 0.05) is 18.0 Å². The predicted octanol–water partition coefficient (Wildman–Crippen LogP) is 2.66. The predicted molar refractivity (Wildman–Crippen MR) is 80.1 cm³/mol. The summed E-state index contributed by atoms with van der Waals surface area (Å²) in [6.45, 7) is 5.78. The highest BCUT2D eigenvalue weighted by atomic mass is 19.1. The van der Waals surface area contributed by atoms with Gasteiger partial charge in [0.05, 0.1) is 16.8 Å². The van der Waals surface area contributed by atoms with Crippen LogP contribution >= 0.6 is 0 Å². The second kappa shape index (κ2) is 6.60. The van der Waals surface area contributed by atoms with E-state index in [4.69, 9.17) is 9.63 Å². The normalized spacial score (nSPS) is 12.0. The molecule has 0 fully saturated rings. The van der Waals surface area contributed by atoms with Crippen molar-refractivity contribution in [2.75, 3.05) is 6.54 Å². The molecule has 122 valence electrons. The SMILES string of the molecule is Cc1noc(C)c1C(C)CNC(=O)c1ccc(C(=O)O)cc1F. The smallest absolute Gasteiger partial charge is 0.335 e. The number of nitrogens with one attached hydrogen (secondary N) is 1. The van der Waals surface area contributed by atoms with Gasteiger partial charge in [0.1, 0.15) is 11.6 Å². The molecule has 1 atom stereocenters. The molecule has 6 nitrogen and oxygen atoms in total. The number of amides is 1. The molecule has 0 spiro atoms. The molecule has 0 bridgehead atoms. The van der Waals surface area contributed by atoms with E-state index in [0.717, 1.165) is 23.4 Å². The first-order valence-electron chi connectivity index (χ1n) is 7.05. The minimum Gasteiger partial charge on any atom is -0.478 e. The van der Waals surface area contributed by atoms with Crippen molar-refractivity contribution in [3.05, 3.63) is 52.2 Å². The van der Waals surface area contributed by atoms with Crippen LogP contribution in [0.2, 0.25) is 0 Å². The number of benzene rings is 1. The van der Waals surface area contributed by atoms with E-state index < -0.39 is 17.7 Å². The van der Waals surface area contributed by atoms with E-state index in [1.165, 1.54) is 6.07 Å². The third-order valence-electron chi connectivity index (χ3n) is 3.61. The van der Waals surface area contributed by atoms with Crippen molar-refractivity contribution in [2.45, 2.75) is 26.7 Å². The number of aromatic nitrogens is 1. The highest BCUT2D eigenvalue weighted by Crippen LogP contribution is 2.22. The molecule has 2 aromatic rings. The second-order valence-electron chi connectivity index (χ2n) is 5.35. The lowest BCUT2D eigenvalue weighted by Gasteiger charge is -2.13. The van der Waals surface area contributed by atoms with E-state index in [-0.39, 0.29) is 23.6 Å². The molecular weight excluding hydrogens is 303 g/mol. The summed E-state index contributed by atoms with van der Waals surface area (Å²) >= 11 is 0. The average molecular weight is 320 g/mol. The van der Waals surface area contributed by atoms with E-state index >= 15 is 0 Å². The summed E-state index contributed by atoms with van der Waals surface area (Å²) in [4.78, 5) is 22.8. The number of hydrogen-bond donors (Lipinski definition) is 2. The molecule has 2 N–H and O–H groups in total. The number of carboxylic acid groups (broad SMARTS) is 1. The van der Waals surface area contributed by atoms with Gasteiger partial charge in [0.25, 0.3) is 5.91 Å². The fourth-order valence-corrected chi connectivity index (χ4v) is 2.47. The van der Waals surface area contributed by atoms with Crippen LogP contribution in [0.3, 0.4) is 0 Å². The second-order valence-corrected chi connectivity index (χ2v) is 5.35. The number of rotatable bonds is 5. The average Bonchev–Trinajstić information content (AvgIpc) is 2.83. The molecule has 1 unspecified atom stereocenters. The fourth-order valence-electron chi connectivity index (χ4n) is 2.47. The van der Waals surface area contributed by atoms with Crippen LogP contribution in [0.5, 0.6) is 0 Å². The van der Waals surface area contributed by atoms with Gasteiger partial charge in [0.15, 0.2) is 0 Å². The number of nitrogens with zero attached hydrogens (tertiary/aromatic N) is 1. The van der Waals surface area contributed by atoms with Crippen LogP contribution < -0.4 is 5.32 Å². The van der Waals surface area contributed by atoms with Crippen molar-refractivity contribution >= 4 is 11.9 Å². The van der Waals surface area contributed by atoms with E-state index in [1.54, 1.807) is 6.92 Å². The third-order valence-corrected chi connectivity index (χ3v) is 3.61. The van der Waals surface area contributed by atoms with Crippen molar-refractivity contribution in [3.8, 4) is 0 Å². The molecule has 7 heteroatoms. The number of carboxylic acids is 1. The molecule has 0 saturated carbocycles. The van der Waals surface area contributed by atoms with E-state index in [1.807, 2.05) is 13.8 Å². The lowest BCUT2D eigenvalue weighted by atomic mass is 9.99. The Balaban J connectivity index is 2.07. The number of carbonyl (C=O) groups excluding carboxylic acids is 1. The first kappa shape index (κ1) is 16.7. The quantitative estimate of drug-likeness (QED) is 0.883. The van der Waals surface area contributed by atoms with Crippen LogP contribution in [0, 0.1) is 19.7 Å². The number of halogens is 1. The lowest BCUT2D eigenvalue weighted by Crippen LogP contribution is -2.28. The Labute approximate surface area is 132 Å². The zero-order valence-electron chi connectivity index (χ0n) is 13.0. The molecule has 0 aliphatic carbocycles. The first-order chi connectivity index (χ1) is 10.8. The van der Waals surface area contributed by atoms with Crippen molar-refractivity contribution in [1.82, 2.24) is 10.5 Å². The number of carbonyl (C=O) groups is 2. The molecule has 23 heavy (non-hydrogen) atoms. The summed E-state index contributed by atoms with van der Waals surface area (Å²) in [5.74, 6) is -2.08. The Morgan fingerprint density at radius 1 is 1.39 bits per heavy atom. The maximum Gasteiger partial charge on any atom is 0.335 e. The van der Waals surface area contributed by atoms with E-state index in [0.29, 0.717) is 5.76 Å². The minimum absolute atomic E-state index is 0.0495. The highest BCUT2D eigenvalue weighted by molar-refractivity contribution is 5.96. The molecular formula is C16H17FN2O4. The number of aromatic carboxylic acids is 1. The topological polar surface area (TPSA) is 92.4 Å². The van der Waals surface area contributed by atoms with E-state index in [9.17, 15) is 14.0 Å². The summed E-state index contributed by atoms with van der Waals surface area (Å²) in [5, 5.41) is 15.3. The third kappa shape index (κ3) is 3.56. The zero-order valence-corrected chi connectivity index (χ0v) is 13.0.